The molecule has 1 aliphatic carbocycles. The van der Waals surface area contributed by atoms with Crippen molar-refractivity contribution in [1.29, 1.82) is 0 Å². The summed E-state index contributed by atoms with van der Waals surface area (Å²) in [5, 5.41) is 6.17. The van der Waals surface area contributed by atoms with Crippen LogP contribution in [0.4, 0.5) is 5.69 Å². The molecular weight excluding hydrogens is 292 g/mol. The van der Waals surface area contributed by atoms with Crippen molar-refractivity contribution in [2.75, 3.05) is 11.9 Å². The van der Waals surface area contributed by atoms with Gasteiger partial charge in [0.1, 0.15) is 0 Å². The van der Waals surface area contributed by atoms with E-state index in [0.29, 0.717) is 12.6 Å². The molecule has 1 aromatic rings. The van der Waals surface area contributed by atoms with E-state index < -0.39 is 0 Å². The third kappa shape index (κ3) is 3.96. The lowest BCUT2D eigenvalue weighted by Crippen LogP contribution is -2.36. The number of hydrogen-bond acceptors (Lipinski definition) is 2. The van der Waals surface area contributed by atoms with E-state index in [2.05, 4.69) is 38.7 Å². The van der Waals surface area contributed by atoms with E-state index in [1.807, 2.05) is 24.3 Å². The first-order valence-corrected chi connectivity index (χ1v) is 6.98. The number of allylic oxidation sites excluding steroid dienone is 1. The quantitative estimate of drug-likeness (QED) is 0.839. The minimum absolute atomic E-state index is 0.00328. The highest BCUT2D eigenvalue weighted by atomic mass is 79.9. The molecule has 0 radical (unpaired) electrons. The van der Waals surface area contributed by atoms with Gasteiger partial charge in [-0.1, -0.05) is 24.3 Å². The number of anilines is 1. The van der Waals surface area contributed by atoms with Crippen LogP contribution < -0.4 is 10.6 Å². The molecule has 0 heterocycles. The molecule has 0 aliphatic heterocycles. The van der Waals surface area contributed by atoms with Crippen LogP contribution in [-0.4, -0.2) is 18.5 Å². The summed E-state index contributed by atoms with van der Waals surface area (Å²) in [5.41, 5.74) is 0.813. The molecule has 2 N–H and O–H groups in total. The summed E-state index contributed by atoms with van der Waals surface area (Å²) in [7, 11) is 0. The predicted octanol–water partition coefficient (Wildman–Crippen LogP) is 3.09. The molecule has 3 nitrogen and oxygen atoms in total. The number of halogens is 1. The molecule has 0 aromatic heterocycles. The van der Waals surface area contributed by atoms with Crippen LogP contribution in [0.2, 0.25) is 0 Å². The Bertz CT molecular complexity index is 445. The number of amides is 1. The Balaban J connectivity index is 1.78. The topological polar surface area (TPSA) is 41.1 Å². The largest absolute Gasteiger partial charge is 0.324 e. The third-order valence-corrected chi connectivity index (χ3v) is 3.66. The Hall–Kier alpha value is -1.13. The van der Waals surface area contributed by atoms with Gasteiger partial charge in [0.15, 0.2) is 0 Å². The van der Waals surface area contributed by atoms with Crippen molar-refractivity contribution in [3.8, 4) is 0 Å². The lowest BCUT2D eigenvalue weighted by molar-refractivity contribution is -0.115. The molecule has 0 saturated heterocycles. The molecule has 96 valence electrons. The van der Waals surface area contributed by atoms with Gasteiger partial charge in [0.2, 0.25) is 5.91 Å². The van der Waals surface area contributed by atoms with Gasteiger partial charge in [-0.05, 0) is 47.3 Å². The summed E-state index contributed by atoms with van der Waals surface area (Å²) in [6.45, 7) is 0.361. The Kier molecular flexibility index (Phi) is 4.96. The molecule has 1 amide bonds. The Morgan fingerprint density at radius 2 is 2.17 bits per heavy atom. The van der Waals surface area contributed by atoms with Crippen LogP contribution in [0.1, 0.15) is 19.3 Å². The van der Waals surface area contributed by atoms with Gasteiger partial charge in [-0.25, -0.2) is 0 Å². The van der Waals surface area contributed by atoms with Crippen LogP contribution in [0, 0.1) is 0 Å². The first-order valence-electron chi connectivity index (χ1n) is 6.18. The maximum Gasteiger partial charge on any atom is 0.238 e. The van der Waals surface area contributed by atoms with Crippen molar-refractivity contribution in [2.24, 2.45) is 0 Å². The van der Waals surface area contributed by atoms with Crippen molar-refractivity contribution >= 4 is 27.5 Å². The van der Waals surface area contributed by atoms with Crippen LogP contribution in [0.5, 0.6) is 0 Å². The summed E-state index contributed by atoms with van der Waals surface area (Å²) >= 11 is 3.41. The molecule has 2 rings (SSSR count). The molecule has 0 spiro atoms. The lowest BCUT2D eigenvalue weighted by atomic mass is 10.0. The van der Waals surface area contributed by atoms with E-state index in [1.165, 1.54) is 0 Å². The van der Waals surface area contributed by atoms with E-state index in [0.717, 1.165) is 29.4 Å². The SMILES string of the molecule is O=C(CNC1CC=CCC1)Nc1ccccc1Br. The van der Waals surface area contributed by atoms with Gasteiger partial charge in [0.25, 0.3) is 0 Å². The maximum atomic E-state index is 11.8. The molecule has 0 bridgehead atoms. The molecule has 1 aliphatic rings. The van der Waals surface area contributed by atoms with Gasteiger partial charge in [0, 0.05) is 10.5 Å². The average molecular weight is 309 g/mol. The molecule has 0 saturated carbocycles. The molecule has 1 atom stereocenters. The number of carbonyl (C=O) groups excluding carboxylic acids is 1. The number of hydrogen-bond donors (Lipinski definition) is 2. The maximum absolute atomic E-state index is 11.8. The van der Waals surface area contributed by atoms with E-state index in [1.54, 1.807) is 0 Å². The highest BCUT2D eigenvalue weighted by Crippen LogP contribution is 2.20. The average Bonchev–Trinajstić information content (AvgIpc) is 2.40. The first kappa shape index (κ1) is 13.3. The highest BCUT2D eigenvalue weighted by molar-refractivity contribution is 9.10. The minimum atomic E-state index is -0.00328. The van der Waals surface area contributed by atoms with E-state index in [4.69, 9.17) is 0 Å². The Morgan fingerprint density at radius 1 is 1.33 bits per heavy atom. The first-order chi connectivity index (χ1) is 8.75. The van der Waals surface area contributed by atoms with Gasteiger partial charge in [-0.3, -0.25) is 4.79 Å². The van der Waals surface area contributed by atoms with E-state index in [9.17, 15) is 4.79 Å². The van der Waals surface area contributed by atoms with Crippen LogP contribution in [-0.2, 0) is 4.79 Å². The number of carbonyl (C=O) groups is 1. The smallest absolute Gasteiger partial charge is 0.238 e. The summed E-state index contributed by atoms with van der Waals surface area (Å²) in [4.78, 5) is 11.8. The van der Waals surface area contributed by atoms with Gasteiger partial charge < -0.3 is 10.6 Å². The third-order valence-electron chi connectivity index (χ3n) is 2.97. The van der Waals surface area contributed by atoms with Crippen LogP contribution in [0.15, 0.2) is 40.9 Å². The zero-order chi connectivity index (χ0) is 12.8. The fourth-order valence-electron chi connectivity index (χ4n) is 1.97. The Morgan fingerprint density at radius 3 is 2.89 bits per heavy atom. The number of rotatable bonds is 4. The summed E-state index contributed by atoms with van der Waals surface area (Å²) in [6.07, 6.45) is 7.59. The number of benzene rings is 1. The standard InChI is InChI=1S/C14H17BrN2O/c15-12-8-4-5-9-13(12)17-14(18)10-16-11-6-2-1-3-7-11/h1-2,4-5,8-9,11,16H,3,6-7,10H2,(H,17,18). The van der Waals surface area contributed by atoms with E-state index in [-0.39, 0.29) is 5.91 Å². The van der Waals surface area contributed by atoms with Gasteiger partial charge in [-0.15, -0.1) is 0 Å². The van der Waals surface area contributed by atoms with Crippen LogP contribution in [0.25, 0.3) is 0 Å². The molecule has 0 fully saturated rings. The molecule has 1 unspecified atom stereocenters. The van der Waals surface area contributed by atoms with Gasteiger partial charge in [0.05, 0.1) is 12.2 Å². The summed E-state index contributed by atoms with van der Waals surface area (Å²) in [6, 6.07) is 8.05. The lowest BCUT2D eigenvalue weighted by Gasteiger charge is -2.19. The fraction of sp³-hybridized carbons (Fsp3) is 0.357. The highest BCUT2D eigenvalue weighted by Gasteiger charge is 2.11. The van der Waals surface area contributed by atoms with Crippen LogP contribution in [0.3, 0.4) is 0 Å². The Labute approximate surface area is 116 Å². The molecular formula is C14H17BrN2O. The zero-order valence-electron chi connectivity index (χ0n) is 10.2. The summed E-state index contributed by atoms with van der Waals surface area (Å²) < 4.78 is 0.902. The second-order valence-electron chi connectivity index (χ2n) is 4.39. The van der Waals surface area contributed by atoms with E-state index >= 15 is 0 Å². The minimum Gasteiger partial charge on any atom is -0.324 e. The van der Waals surface area contributed by atoms with Crippen molar-refractivity contribution < 1.29 is 4.79 Å². The van der Waals surface area contributed by atoms with Crippen molar-refractivity contribution in [3.63, 3.8) is 0 Å². The normalized spacial score (nSPS) is 18.6. The van der Waals surface area contributed by atoms with Gasteiger partial charge in [-0.2, -0.15) is 0 Å². The van der Waals surface area contributed by atoms with Crippen molar-refractivity contribution in [2.45, 2.75) is 25.3 Å². The van der Waals surface area contributed by atoms with Crippen molar-refractivity contribution in [3.05, 3.63) is 40.9 Å². The molecule has 18 heavy (non-hydrogen) atoms. The zero-order valence-corrected chi connectivity index (χ0v) is 11.7. The summed E-state index contributed by atoms with van der Waals surface area (Å²) in [5.74, 6) is -0.00328. The molecule has 1 aromatic carbocycles. The fourth-order valence-corrected chi connectivity index (χ4v) is 2.36. The van der Waals surface area contributed by atoms with Gasteiger partial charge >= 0.3 is 0 Å². The number of nitrogens with one attached hydrogen (secondary N) is 2. The second-order valence-corrected chi connectivity index (χ2v) is 5.24. The number of para-hydroxylation sites is 1. The van der Waals surface area contributed by atoms with Crippen LogP contribution >= 0.6 is 15.9 Å². The monoisotopic (exact) mass is 308 g/mol. The van der Waals surface area contributed by atoms with Crippen molar-refractivity contribution in [1.82, 2.24) is 5.32 Å². The molecule has 4 heteroatoms. The predicted molar refractivity (Wildman–Crippen MR) is 77.6 cm³/mol. The second kappa shape index (κ2) is 6.71.